The number of amides is 1. The van der Waals surface area contributed by atoms with Crippen molar-refractivity contribution < 1.29 is 27.9 Å². The van der Waals surface area contributed by atoms with Crippen LogP contribution in [-0.2, 0) is 4.79 Å². The van der Waals surface area contributed by atoms with Gasteiger partial charge in [0.2, 0.25) is 0 Å². The second-order valence-corrected chi connectivity index (χ2v) is 4.66. The fourth-order valence-corrected chi connectivity index (χ4v) is 1.79. The lowest BCUT2D eigenvalue weighted by molar-refractivity contribution is -0.147. The number of hydrogen-bond acceptors (Lipinski definition) is 2. The van der Waals surface area contributed by atoms with Crippen molar-refractivity contribution in [1.82, 2.24) is 4.90 Å². The van der Waals surface area contributed by atoms with Gasteiger partial charge in [-0.05, 0) is 20.8 Å². The molecular formula is C13H14F3NO3. The molecule has 7 heteroatoms. The third-order valence-electron chi connectivity index (χ3n) is 2.98. The molecule has 4 nitrogen and oxygen atoms in total. The van der Waals surface area contributed by atoms with Crippen LogP contribution < -0.4 is 0 Å². The molecule has 1 aromatic rings. The van der Waals surface area contributed by atoms with Crippen LogP contribution >= 0.6 is 0 Å². The van der Waals surface area contributed by atoms with Gasteiger partial charge in [0.1, 0.15) is 28.6 Å². The van der Waals surface area contributed by atoms with Gasteiger partial charge < -0.3 is 10.0 Å². The monoisotopic (exact) mass is 289 g/mol. The highest BCUT2D eigenvalue weighted by Crippen LogP contribution is 2.22. The summed E-state index contributed by atoms with van der Waals surface area (Å²) in [7, 11) is 0. The molecule has 0 unspecified atom stereocenters. The number of carbonyl (C=O) groups excluding carboxylic acids is 1. The third kappa shape index (κ3) is 2.76. The Balaban J connectivity index is 3.33. The van der Waals surface area contributed by atoms with Gasteiger partial charge in [-0.1, -0.05) is 0 Å². The molecule has 0 saturated heterocycles. The fraction of sp³-hybridized carbons (Fsp3) is 0.385. The van der Waals surface area contributed by atoms with E-state index >= 15 is 0 Å². The van der Waals surface area contributed by atoms with Gasteiger partial charge in [-0.3, -0.25) is 4.79 Å². The van der Waals surface area contributed by atoms with Crippen molar-refractivity contribution >= 4 is 11.9 Å². The summed E-state index contributed by atoms with van der Waals surface area (Å²) in [5, 5.41) is 9.08. The Labute approximate surface area is 113 Å². The first-order chi connectivity index (χ1) is 9.12. The first-order valence-electron chi connectivity index (χ1n) is 5.82. The number of nitrogens with zero attached hydrogens (tertiary/aromatic N) is 1. The Morgan fingerprint density at radius 1 is 1.20 bits per heavy atom. The summed E-state index contributed by atoms with van der Waals surface area (Å²) in [5.74, 6) is -6.36. The highest BCUT2D eigenvalue weighted by atomic mass is 19.1. The molecule has 0 heterocycles. The normalized spacial score (nSPS) is 11.3. The zero-order valence-electron chi connectivity index (χ0n) is 11.2. The summed E-state index contributed by atoms with van der Waals surface area (Å²) in [4.78, 5) is 24.1. The summed E-state index contributed by atoms with van der Waals surface area (Å²) in [6, 6.07) is 0.746. The van der Waals surface area contributed by atoms with Crippen molar-refractivity contribution in [2.75, 3.05) is 6.54 Å². The summed E-state index contributed by atoms with van der Waals surface area (Å²) in [5.41, 5.74) is -2.62. The summed E-state index contributed by atoms with van der Waals surface area (Å²) in [6.07, 6.45) is 0. The number of benzene rings is 1. The highest BCUT2D eigenvalue weighted by Gasteiger charge is 2.39. The van der Waals surface area contributed by atoms with E-state index in [1.54, 1.807) is 0 Å². The lowest BCUT2D eigenvalue weighted by atomic mass is 10.0. The first-order valence-corrected chi connectivity index (χ1v) is 5.82. The Morgan fingerprint density at radius 3 is 2.00 bits per heavy atom. The second kappa shape index (κ2) is 5.52. The maximum absolute atomic E-state index is 13.6. The van der Waals surface area contributed by atoms with E-state index in [0.717, 1.165) is 4.90 Å². The summed E-state index contributed by atoms with van der Waals surface area (Å²) < 4.78 is 40.0. The van der Waals surface area contributed by atoms with Gasteiger partial charge in [0.05, 0.1) is 0 Å². The van der Waals surface area contributed by atoms with E-state index in [4.69, 9.17) is 5.11 Å². The van der Waals surface area contributed by atoms with E-state index in [0.29, 0.717) is 12.1 Å². The van der Waals surface area contributed by atoms with Crippen LogP contribution in [0.4, 0.5) is 13.2 Å². The first kappa shape index (κ1) is 16.0. The second-order valence-electron chi connectivity index (χ2n) is 4.66. The SMILES string of the molecule is CCN(C(=O)c1c(F)cc(F)cc1F)C(C)(C)C(=O)O. The quantitative estimate of drug-likeness (QED) is 0.926. The Morgan fingerprint density at radius 2 is 1.65 bits per heavy atom. The van der Waals surface area contributed by atoms with Crippen molar-refractivity contribution in [2.45, 2.75) is 26.3 Å². The topological polar surface area (TPSA) is 57.6 Å². The molecule has 0 fully saturated rings. The van der Waals surface area contributed by atoms with Crippen molar-refractivity contribution in [2.24, 2.45) is 0 Å². The summed E-state index contributed by atoms with van der Waals surface area (Å²) >= 11 is 0. The number of aliphatic carboxylic acids is 1. The molecule has 110 valence electrons. The van der Waals surface area contributed by atoms with E-state index < -0.39 is 40.4 Å². The minimum Gasteiger partial charge on any atom is -0.480 e. The molecule has 0 saturated carbocycles. The van der Waals surface area contributed by atoms with Crippen molar-refractivity contribution in [1.29, 1.82) is 0 Å². The summed E-state index contributed by atoms with van der Waals surface area (Å²) in [6.45, 7) is 3.86. The van der Waals surface area contributed by atoms with Crippen molar-refractivity contribution in [3.05, 3.63) is 35.1 Å². The lowest BCUT2D eigenvalue weighted by Gasteiger charge is -2.34. The molecular weight excluding hydrogens is 275 g/mol. The minimum atomic E-state index is -1.65. The zero-order chi connectivity index (χ0) is 15.7. The number of carboxylic acid groups (broad SMARTS) is 1. The zero-order valence-corrected chi connectivity index (χ0v) is 11.2. The number of carbonyl (C=O) groups is 2. The molecule has 0 aromatic heterocycles. The molecule has 1 aromatic carbocycles. The maximum Gasteiger partial charge on any atom is 0.329 e. The third-order valence-corrected chi connectivity index (χ3v) is 2.98. The van der Waals surface area contributed by atoms with Crippen LogP contribution in [0.2, 0.25) is 0 Å². The largest absolute Gasteiger partial charge is 0.480 e. The lowest BCUT2D eigenvalue weighted by Crippen LogP contribution is -2.53. The van der Waals surface area contributed by atoms with Crippen LogP contribution in [0.25, 0.3) is 0 Å². The number of hydrogen-bond donors (Lipinski definition) is 1. The number of likely N-dealkylation sites (N-methyl/N-ethyl adjacent to an activating group) is 1. The molecule has 1 rings (SSSR count). The van der Waals surface area contributed by atoms with Crippen LogP contribution in [0, 0.1) is 17.5 Å². The van der Waals surface area contributed by atoms with E-state index in [9.17, 15) is 22.8 Å². The Kier molecular flexibility index (Phi) is 4.42. The molecule has 20 heavy (non-hydrogen) atoms. The van der Waals surface area contributed by atoms with Crippen molar-refractivity contribution in [3.8, 4) is 0 Å². The standard InChI is InChI=1S/C13H14F3NO3/c1-4-17(13(2,3)12(19)20)11(18)10-8(15)5-7(14)6-9(10)16/h5-6H,4H2,1-3H3,(H,19,20). The van der Waals surface area contributed by atoms with Gasteiger partial charge in [0, 0.05) is 18.7 Å². The molecule has 0 spiro atoms. The van der Waals surface area contributed by atoms with Gasteiger partial charge in [0.15, 0.2) is 0 Å². The maximum atomic E-state index is 13.6. The molecule has 0 atom stereocenters. The molecule has 0 radical (unpaired) electrons. The number of halogens is 3. The Bertz CT molecular complexity index is 535. The molecule has 1 amide bonds. The number of carboxylic acids is 1. The van der Waals surface area contributed by atoms with Crippen LogP contribution in [0.5, 0.6) is 0 Å². The van der Waals surface area contributed by atoms with Crippen LogP contribution in [0.1, 0.15) is 31.1 Å². The predicted octanol–water partition coefficient (Wildman–Crippen LogP) is 2.43. The van der Waals surface area contributed by atoms with Crippen molar-refractivity contribution in [3.63, 3.8) is 0 Å². The van der Waals surface area contributed by atoms with E-state index in [-0.39, 0.29) is 6.54 Å². The van der Waals surface area contributed by atoms with Crippen LogP contribution in [0.15, 0.2) is 12.1 Å². The van der Waals surface area contributed by atoms with E-state index in [1.807, 2.05) is 0 Å². The molecule has 1 N–H and O–H groups in total. The van der Waals surface area contributed by atoms with Gasteiger partial charge >= 0.3 is 5.97 Å². The van der Waals surface area contributed by atoms with E-state index in [2.05, 4.69) is 0 Å². The van der Waals surface area contributed by atoms with E-state index in [1.165, 1.54) is 20.8 Å². The van der Waals surface area contributed by atoms with Gasteiger partial charge in [0.25, 0.3) is 5.91 Å². The Hall–Kier alpha value is -2.05. The van der Waals surface area contributed by atoms with Gasteiger partial charge in [-0.25, -0.2) is 18.0 Å². The average molecular weight is 289 g/mol. The van der Waals surface area contributed by atoms with Crippen LogP contribution in [0.3, 0.4) is 0 Å². The number of rotatable bonds is 4. The molecule has 0 bridgehead atoms. The predicted molar refractivity (Wildman–Crippen MR) is 64.7 cm³/mol. The molecule has 0 aliphatic heterocycles. The smallest absolute Gasteiger partial charge is 0.329 e. The average Bonchev–Trinajstić information content (AvgIpc) is 2.27. The van der Waals surface area contributed by atoms with Crippen LogP contribution in [-0.4, -0.2) is 34.0 Å². The molecule has 0 aliphatic carbocycles. The van der Waals surface area contributed by atoms with Gasteiger partial charge in [-0.15, -0.1) is 0 Å². The fourth-order valence-electron chi connectivity index (χ4n) is 1.79. The highest BCUT2D eigenvalue weighted by molar-refractivity contribution is 5.98. The van der Waals surface area contributed by atoms with Gasteiger partial charge in [-0.2, -0.15) is 0 Å². The molecule has 0 aliphatic rings. The minimum absolute atomic E-state index is 0.0750.